The van der Waals surface area contributed by atoms with Crippen LogP contribution in [0, 0.1) is 0 Å². The van der Waals surface area contributed by atoms with Gasteiger partial charge in [-0.25, -0.2) is 4.79 Å². The van der Waals surface area contributed by atoms with Crippen molar-refractivity contribution in [3.05, 3.63) is 47.0 Å². The van der Waals surface area contributed by atoms with Crippen LogP contribution in [0.2, 0.25) is 0 Å². The molecule has 0 radical (unpaired) electrons. The van der Waals surface area contributed by atoms with Crippen molar-refractivity contribution in [3.8, 4) is 0 Å². The normalized spacial score (nSPS) is 11.9. The number of ether oxygens (including phenoxy) is 1. The van der Waals surface area contributed by atoms with Gasteiger partial charge < -0.3 is 4.74 Å². The van der Waals surface area contributed by atoms with Crippen molar-refractivity contribution >= 4 is 5.97 Å². The van der Waals surface area contributed by atoms with Crippen LogP contribution in [-0.4, -0.2) is 12.6 Å². The number of benzene rings is 1. The van der Waals surface area contributed by atoms with E-state index in [1.54, 1.807) is 0 Å². The molecule has 1 rings (SSSR count). The minimum Gasteiger partial charge on any atom is -0.463 e. The maximum absolute atomic E-state index is 11.5. The maximum atomic E-state index is 11.5. The predicted molar refractivity (Wildman–Crippen MR) is 65.2 cm³/mol. The number of hydrogen-bond donors (Lipinski definition) is 0. The van der Waals surface area contributed by atoms with Gasteiger partial charge in [-0.2, -0.15) is 0 Å². The van der Waals surface area contributed by atoms with Crippen molar-refractivity contribution < 1.29 is 9.53 Å². The third-order valence-corrected chi connectivity index (χ3v) is 2.53. The molecule has 0 saturated carbocycles. The fourth-order valence-corrected chi connectivity index (χ4v) is 1.45. The van der Waals surface area contributed by atoms with Gasteiger partial charge in [-0.15, -0.1) is 0 Å². The van der Waals surface area contributed by atoms with Crippen molar-refractivity contribution in [2.45, 2.75) is 27.2 Å². The zero-order chi connectivity index (χ0) is 12.0. The summed E-state index contributed by atoms with van der Waals surface area (Å²) in [5, 5.41) is 0. The third kappa shape index (κ3) is 3.54. The molecule has 0 N–H and O–H groups in total. The van der Waals surface area contributed by atoms with Gasteiger partial charge >= 0.3 is 5.97 Å². The van der Waals surface area contributed by atoms with E-state index in [9.17, 15) is 4.79 Å². The summed E-state index contributed by atoms with van der Waals surface area (Å²) in [5.74, 6) is -0.212. The van der Waals surface area contributed by atoms with Crippen LogP contribution in [-0.2, 0) is 16.0 Å². The first-order valence-electron chi connectivity index (χ1n) is 5.52. The zero-order valence-corrected chi connectivity index (χ0v) is 10.1. The second-order valence-corrected chi connectivity index (χ2v) is 3.79. The molecule has 0 heterocycles. The van der Waals surface area contributed by atoms with Crippen LogP contribution in [0.25, 0.3) is 0 Å². The van der Waals surface area contributed by atoms with E-state index in [-0.39, 0.29) is 5.97 Å². The molecular formula is C14H18O2. The molecule has 1 aromatic rings. The molecule has 0 unspecified atom stereocenters. The lowest BCUT2D eigenvalue weighted by molar-refractivity contribution is -0.138. The summed E-state index contributed by atoms with van der Waals surface area (Å²) in [5.41, 5.74) is 2.99. The number of carbonyl (C=O) groups is 1. The molecule has 0 aliphatic heterocycles. The Bertz CT molecular complexity index is 377. The van der Waals surface area contributed by atoms with Crippen LogP contribution in [0.1, 0.15) is 26.3 Å². The molecule has 86 valence electrons. The molecule has 1 aromatic carbocycles. The Morgan fingerprint density at radius 2 is 1.81 bits per heavy atom. The SMILES string of the molecule is CCOC(=O)/C(C)=C(/C)Cc1ccccc1. The van der Waals surface area contributed by atoms with E-state index in [0.29, 0.717) is 12.2 Å². The van der Waals surface area contributed by atoms with Crippen molar-refractivity contribution in [1.29, 1.82) is 0 Å². The van der Waals surface area contributed by atoms with Crippen LogP contribution in [0.5, 0.6) is 0 Å². The van der Waals surface area contributed by atoms with Gasteiger partial charge in [-0.3, -0.25) is 0 Å². The first-order chi connectivity index (χ1) is 7.65. The summed E-state index contributed by atoms with van der Waals surface area (Å²) in [6.45, 7) is 6.03. The smallest absolute Gasteiger partial charge is 0.333 e. The van der Waals surface area contributed by atoms with Crippen molar-refractivity contribution in [2.24, 2.45) is 0 Å². The molecule has 0 aliphatic rings. The monoisotopic (exact) mass is 218 g/mol. The molecule has 0 amide bonds. The van der Waals surface area contributed by atoms with E-state index in [1.807, 2.05) is 39.0 Å². The van der Waals surface area contributed by atoms with E-state index in [1.165, 1.54) is 5.56 Å². The summed E-state index contributed by atoms with van der Waals surface area (Å²) in [4.78, 5) is 11.5. The largest absolute Gasteiger partial charge is 0.463 e. The minimum absolute atomic E-state index is 0.212. The van der Waals surface area contributed by atoms with E-state index in [0.717, 1.165) is 12.0 Å². The van der Waals surface area contributed by atoms with Gasteiger partial charge in [0.2, 0.25) is 0 Å². The highest BCUT2D eigenvalue weighted by Crippen LogP contribution is 2.12. The van der Waals surface area contributed by atoms with Crippen LogP contribution in [0.3, 0.4) is 0 Å². The van der Waals surface area contributed by atoms with Crippen molar-refractivity contribution in [3.63, 3.8) is 0 Å². The zero-order valence-electron chi connectivity index (χ0n) is 10.1. The van der Waals surface area contributed by atoms with E-state index in [4.69, 9.17) is 4.74 Å². The van der Waals surface area contributed by atoms with Crippen LogP contribution in [0.15, 0.2) is 41.5 Å². The average Bonchev–Trinajstić information content (AvgIpc) is 2.29. The van der Waals surface area contributed by atoms with Gasteiger partial charge in [0.05, 0.1) is 6.61 Å². The Kier molecular flexibility index (Phi) is 4.77. The fourth-order valence-electron chi connectivity index (χ4n) is 1.45. The lowest BCUT2D eigenvalue weighted by Crippen LogP contribution is -2.07. The predicted octanol–water partition coefficient (Wildman–Crippen LogP) is 3.13. The van der Waals surface area contributed by atoms with Gasteiger partial charge in [-0.1, -0.05) is 35.9 Å². The van der Waals surface area contributed by atoms with Gasteiger partial charge in [-0.05, 0) is 32.8 Å². The average molecular weight is 218 g/mol. The Morgan fingerprint density at radius 3 is 2.38 bits per heavy atom. The number of carbonyl (C=O) groups excluding carboxylic acids is 1. The van der Waals surface area contributed by atoms with Crippen molar-refractivity contribution in [1.82, 2.24) is 0 Å². The highest BCUT2D eigenvalue weighted by atomic mass is 16.5. The Balaban J connectivity index is 2.73. The second kappa shape index (κ2) is 6.11. The number of rotatable bonds is 4. The minimum atomic E-state index is -0.212. The van der Waals surface area contributed by atoms with Crippen molar-refractivity contribution in [2.75, 3.05) is 6.61 Å². The standard InChI is InChI=1S/C14H18O2/c1-4-16-14(15)12(3)11(2)10-13-8-6-5-7-9-13/h5-9H,4,10H2,1-3H3/b12-11-. The number of esters is 1. The van der Waals surface area contributed by atoms with Crippen LogP contribution in [0.4, 0.5) is 0 Å². The molecule has 16 heavy (non-hydrogen) atoms. The van der Waals surface area contributed by atoms with E-state index in [2.05, 4.69) is 12.1 Å². The maximum Gasteiger partial charge on any atom is 0.333 e. The van der Waals surface area contributed by atoms with Crippen LogP contribution < -0.4 is 0 Å². The molecule has 0 saturated heterocycles. The number of allylic oxidation sites excluding steroid dienone is 1. The molecule has 0 aliphatic carbocycles. The highest BCUT2D eigenvalue weighted by molar-refractivity contribution is 5.88. The van der Waals surface area contributed by atoms with Gasteiger partial charge in [0.1, 0.15) is 0 Å². The lowest BCUT2D eigenvalue weighted by Gasteiger charge is -2.07. The molecule has 2 nitrogen and oxygen atoms in total. The summed E-state index contributed by atoms with van der Waals surface area (Å²) in [7, 11) is 0. The summed E-state index contributed by atoms with van der Waals surface area (Å²) >= 11 is 0. The Labute approximate surface area is 96.9 Å². The highest BCUT2D eigenvalue weighted by Gasteiger charge is 2.08. The molecular weight excluding hydrogens is 200 g/mol. The van der Waals surface area contributed by atoms with E-state index < -0.39 is 0 Å². The molecule has 0 bridgehead atoms. The summed E-state index contributed by atoms with van der Waals surface area (Å²) in [6.07, 6.45) is 0.797. The molecule has 0 aromatic heterocycles. The van der Waals surface area contributed by atoms with Gasteiger partial charge in [0.25, 0.3) is 0 Å². The Morgan fingerprint density at radius 1 is 1.19 bits per heavy atom. The molecule has 0 atom stereocenters. The topological polar surface area (TPSA) is 26.3 Å². The molecule has 2 heteroatoms. The van der Waals surface area contributed by atoms with Crippen LogP contribution >= 0.6 is 0 Å². The quantitative estimate of drug-likeness (QED) is 0.573. The lowest BCUT2D eigenvalue weighted by atomic mass is 10.0. The third-order valence-electron chi connectivity index (χ3n) is 2.53. The Hall–Kier alpha value is -1.57. The van der Waals surface area contributed by atoms with Gasteiger partial charge in [0, 0.05) is 5.57 Å². The first kappa shape index (κ1) is 12.5. The van der Waals surface area contributed by atoms with Gasteiger partial charge in [0.15, 0.2) is 0 Å². The fraction of sp³-hybridized carbons (Fsp3) is 0.357. The number of hydrogen-bond acceptors (Lipinski definition) is 2. The molecule has 0 fully saturated rings. The molecule has 0 spiro atoms. The second-order valence-electron chi connectivity index (χ2n) is 3.79. The summed E-state index contributed by atoms with van der Waals surface area (Å²) < 4.78 is 4.97. The first-order valence-corrected chi connectivity index (χ1v) is 5.52. The summed E-state index contributed by atoms with van der Waals surface area (Å²) in [6, 6.07) is 10.1. The van der Waals surface area contributed by atoms with E-state index >= 15 is 0 Å².